The molecule has 0 aliphatic rings. The lowest BCUT2D eigenvalue weighted by atomic mass is 10.0. The minimum Gasteiger partial charge on any atom is -0.483 e. The standard InChI is InChI=1S/C20H26N2O4S/c1-13(2)17-6-5-14(3)19(11-17)26-12-20(23)22-15(4)16-7-9-18(10-8-16)27(21,24)25/h5-11,13,15H,12H2,1-4H3,(H,22,23)(H2,21,24,25). The van der Waals surface area contributed by atoms with Gasteiger partial charge in [-0.3, -0.25) is 4.79 Å². The number of primary sulfonamides is 1. The number of ether oxygens (including phenoxy) is 1. The van der Waals surface area contributed by atoms with Gasteiger partial charge in [0.1, 0.15) is 5.75 Å². The van der Waals surface area contributed by atoms with Crippen LogP contribution in [0.4, 0.5) is 0 Å². The van der Waals surface area contributed by atoms with E-state index in [1.807, 2.05) is 26.0 Å². The summed E-state index contributed by atoms with van der Waals surface area (Å²) in [7, 11) is -3.73. The average Bonchev–Trinajstić information content (AvgIpc) is 2.60. The summed E-state index contributed by atoms with van der Waals surface area (Å²) in [6.45, 7) is 7.86. The Morgan fingerprint density at radius 3 is 2.22 bits per heavy atom. The van der Waals surface area contributed by atoms with Crippen molar-refractivity contribution in [3.8, 4) is 5.75 Å². The molecule has 0 heterocycles. The molecular weight excluding hydrogens is 364 g/mol. The molecule has 2 aromatic carbocycles. The van der Waals surface area contributed by atoms with Crippen molar-refractivity contribution >= 4 is 15.9 Å². The Morgan fingerprint density at radius 1 is 1.07 bits per heavy atom. The zero-order chi connectivity index (χ0) is 20.2. The van der Waals surface area contributed by atoms with Gasteiger partial charge in [0.15, 0.2) is 6.61 Å². The SMILES string of the molecule is Cc1ccc(C(C)C)cc1OCC(=O)NC(C)c1ccc(S(N)(=O)=O)cc1. The second-order valence-corrected chi connectivity index (χ2v) is 8.43. The Balaban J connectivity index is 1.96. The van der Waals surface area contributed by atoms with Gasteiger partial charge in [-0.2, -0.15) is 0 Å². The quantitative estimate of drug-likeness (QED) is 0.759. The number of aryl methyl sites for hydroxylation is 1. The van der Waals surface area contributed by atoms with Gasteiger partial charge in [-0.05, 0) is 54.7 Å². The maximum Gasteiger partial charge on any atom is 0.258 e. The van der Waals surface area contributed by atoms with E-state index in [0.717, 1.165) is 16.7 Å². The number of amides is 1. The zero-order valence-corrected chi connectivity index (χ0v) is 16.8. The van der Waals surface area contributed by atoms with Crippen LogP contribution in [-0.4, -0.2) is 20.9 Å². The molecule has 3 N–H and O–H groups in total. The van der Waals surface area contributed by atoms with Crippen molar-refractivity contribution in [1.82, 2.24) is 5.32 Å². The number of nitrogens with one attached hydrogen (secondary N) is 1. The molecule has 7 heteroatoms. The number of sulfonamides is 1. The highest BCUT2D eigenvalue weighted by atomic mass is 32.2. The number of rotatable bonds is 7. The fraction of sp³-hybridized carbons (Fsp3) is 0.350. The van der Waals surface area contributed by atoms with E-state index in [0.29, 0.717) is 11.7 Å². The molecule has 0 aliphatic carbocycles. The third kappa shape index (κ3) is 5.80. The number of benzene rings is 2. The minimum atomic E-state index is -3.73. The summed E-state index contributed by atoms with van der Waals surface area (Å²) in [6.07, 6.45) is 0. The third-order valence-electron chi connectivity index (χ3n) is 4.32. The normalized spacial score (nSPS) is 12.7. The first-order chi connectivity index (χ1) is 12.6. The number of carbonyl (C=O) groups excluding carboxylic acids is 1. The van der Waals surface area contributed by atoms with Crippen molar-refractivity contribution in [2.24, 2.45) is 5.14 Å². The van der Waals surface area contributed by atoms with Crippen LogP contribution in [0.15, 0.2) is 47.4 Å². The molecule has 6 nitrogen and oxygen atoms in total. The molecule has 27 heavy (non-hydrogen) atoms. The fourth-order valence-corrected chi connectivity index (χ4v) is 3.10. The summed E-state index contributed by atoms with van der Waals surface area (Å²) in [6, 6.07) is 11.8. The monoisotopic (exact) mass is 390 g/mol. The molecule has 1 amide bonds. The molecular formula is C20H26N2O4S. The lowest BCUT2D eigenvalue weighted by molar-refractivity contribution is -0.123. The van der Waals surface area contributed by atoms with Crippen LogP contribution in [0.3, 0.4) is 0 Å². The summed E-state index contributed by atoms with van der Waals surface area (Å²) in [5, 5.41) is 7.92. The van der Waals surface area contributed by atoms with Crippen molar-refractivity contribution in [2.75, 3.05) is 6.61 Å². The maximum absolute atomic E-state index is 12.2. The summed E-state index contributed by atoms with van der Waals surface area (Å²) < 4.78 is 28.3. The van der Waals surface area contributed by atoms with Crippen LogP contribution in [0.25, 0.3) is 0 Å². The largest absolute Gasteiger partial charge is 0.483 e. The first-order valence-corrected chi connectivity index (χ1v) is 10.3. The lowest BCUT2D eigenvalue weighted by Gasteiger charge is -2.16. The van der Waals surface area contributed by atoms with Crippen LogP contribution in [0, 0.1) is 6.92 Å². The lowest BCUT2D eigenvalue weighted by Crippen LogP contribution is -2.31. The second-order valence-electron chi connectivity index (χ2n) is 6.87. The summed E-state index contributed by atoms with van der Waals surface area (Å²) in [5.74, 6) is 0.816. The van der Waals surface area contributed by atoms with Gasteiger partial charge in [0.2, 0.25) is 10.0 Å². The van der Waals surface area contributed by atoms with Crippen molar-refractivity contribution in [2.45, 2.75) is 44.6 Å². The van der Waals surface area contributed by atoms with E-state index in [1.54, 1.807) is 12.1 Å². The summed E-state index contributed by atoms with van der Waals surface area (Å²) >= 11 is 0. The van der Waals surface area contributed by atoms with Crippen LogP contribution in [-0.2, 0) is 14.8 Å². The molecule has 2 aromatic rings. The maximum atomic E-state index is 12.2. The van der Waals surface area contributed by atoms with E-state index >= 15 is 0 Å². The highest BCUT2D eigenvalue weighted by Gasteiger charge is 2.13. The van der Waals surface area contributed by atoms with Crippen LogP contribution >= 0.6 is 0 Å². The van der Waals surface area contributed by atoms with Gasteiger partial charge in [0.05, 0.1) is 10.9 Å². The van der Waals surface area contributed by atoms with Crippen LogP contribution in [0.2, 0.25) is 0 Å². The molecule has 0 spiro atoms. The zero-order valence-electron chi connectivity index (χ0n) is 16.0. The van der Waals surface area contributed by atoms with Gasteiger partial charge in [-0.1, -0.05) is 38.1 Å². The van der Waals surface area contributed by atoms with Crippen LogP contribution in [0.5, 0.6) is 5.75 Å². The highest BCUT2D eigenvalue weighted by Crippen LogP contribution is 2.24. The third-order valence-corrected chi connectivity index (χ3v) is 5.25. The molecule has 0 aliphatic heterocycles. The molecule has 0 fully saturated rings. The number of hydrogen-bond donors (Lipinski definition) is 2. The molecule has 2 rings (SSSR count). The summed E-state index contributed by atoms with van der Waals surface area (Å²) in [5.41, 5.74) is 2.90. The molecule has 0 radical (unpaired) electrons. The number of carbonyl (C=O) groups is 1. The van der Waals surface area contributed by atoms with Crippen molar-refractivity contribution in [1.29, 1.82) is 0 Å². The Hall–Kier alpha value is -2.38. The first kappa shape index (κ1) is 20.9. The van der Waals surface area contributed by atoms with E-state index < -0.39 is 10.0 Å². The smallest absolute Gasteiger partial charge is 0.258 e. The number of hydrogen-bond acceptors (Lipinski definition) is 4. The van der Waals surface area contributed by atoms with Crippen molar-refractivity contribution in [3.63, 3.8) is 0 Å². The van der Waals surface area contributed by atoms with E-state index in [2.05, 4.69) is 25.2 Å². The van der Waals surface area contributed by atoms with Crippen LogP contribution < -0.4 is 15.2 Å². The predicted octanol–water partition coefficient (Wildman–Crippen LogP) is 3.02. The molecule has 1 unspecified atom stereocenters. The Labute approximate surface area is 160 Å². The fourth-order valence-electron chi connectivity index (χ4n) is 2.59. The van der Waals surface area contributed by atoms with Crippen molar-refractivity contribution < 1.29 is 17.9 Å². The molecule has 0 aromatic heterocycles. The topological polar surface area (TPSA) is 98.5 Å². The van der Waals surface area contributed by atoms with E-state index in [4.69, 9.17) is 9.88 Å². The van der Waals surface area contributed by atoms with Gasteiger partial charge in [-0.25, -0.2) is 13.6 Å². The van der Waals surface area contributed by atoms with E-state index in [9.17, 15) is 13.2 Å². The highest BCUT2D eigenvalue weighted by molar-refractivity contribution is 7.89. The van der Waals surface area contributed by atoms with Gasteiger partial charge < -0.3 is 10.1 Å². The molecule has 0 bridgehead atoms. The van der Waals surface area contributed by atoms with Gasteiger partial charge >= 0.3 is 0 Å². The first-order valence-electron chi connectivity index (χ1n) is 8.73. The Morgan fingerprint density at radius 2 is 1.67 bits per heavy atom. The van der Waals surface area contributed by atoms with E-state index in [1.165, 1.54) is 12.1 Å². The van der Waals surface area contributed by atoms with Crippen LogP contribution in [0.1, 0.15) is 49.4 Å². The predicted molar refractivity (Wildman–Crippen MR) is 105 cm³/mol. The summed E-state index contributed by atoms with van der Waals surface area (Å²) in [4.78, 5) is 12.2. The van der Waals surface area contributed by atoms with E-state index in [-0.39, 0.29) is 23.5 Å². The minimum absolute atomic E-state index is 0.0358. The molecule has 0 saturated heterocycles. The van der Waals surface area contributed by atoms with Crippen molar-refractivity contribution in [3.05, 3.63) is 59.2 Å². The Bertz CT molecular complexity index is 906. The van der Waals surface area contributed by atoms with Gasteiger partial charge in [0.25, 0.3) is 5.91 Å². The Kier molecular flexibility index (Phi) is 6.62. The molecule has 146 valence electrons. The second kappa shape index (κ2) is 8.54. The average molecular weight is 391 g/mol. The molecule has 0 saturated carbocycles. The van der Waals surface area contributed by atoms with Gasteiger partial charge in [0, 0.05) is 0 Å². The molecule has 1 atom stereocenters. The van der Waals surface area contributed by atoms with Gasteiger partial charge in [-0.15, -0.1) is 0 Å². The number of nitrogens with two attached hydrogens (primary N) is 1.